The number of esters is 1. The zero-order chi connectivity index (χ0) is 16.0. The van der Waals surface area contributed by atoms with E-state index in [1.165, 1.54) is 31.4 Å². The molecule has 0 saturated heterocycles. The smallest absolute Gasteiger partial charge is 0.337 e. The third-order valence-corrected chi connectivity index (χ3v) is 4.25. The van der Waals surface area contributed by atoms with E-state index in [-0.39, 0.29) is 16.9 Å². The van der Waals surface area contributed by atoms with Gasteiger partial charge in [-0.2, -0.15) is 4.72 Å². The average Bonchev–Trinajstić information content (AvgIpc) is 2.45. The number of methoxy groups -OCH3 is 1. The van der Waals surface area contributed by atoms with Crippen LogP contribution in [0.3, 0.4) is 0 Å². The van der Waals surface area contributed by atoms with Crippen molar-refractivity contribution < 1.29 is 27.9 Å². The number of benzene rings is 1. The molecule has 2 N–H and O–H groups in total. The van der Waals surface area contributed by atoms with Crippen LogP contribution >= 0.6 is 0 Å². The third-order valence-electron chi connectivity index (χ3n) is 2.76. The number of carboxylic acid groups (broad SMARTS) is 1. The van der Waals surface area contributed by atoms with Gasteiger partial charge in [0.15, 0.2) is 0 Å². The topological polar surface area (TPSA) is 110 Å². The van der Waals surface area contributed by atoms with E-state index in [1.807, 2.05) is 0 Å². The summed E-state index contributed by atoms with van der Waals surface area (Å²) in [5.74, 6) is -1.81. The van der Waals surface area contributed by atoms with E-state index in [0.29, 0.717) is 6.42 Å². The average molecular weight is 315 g/mol. The standard InChI is InChI=1S/C13H17NO6S/c1-3-4-11(12(15)16)14-21(18,19)10-7-5-9(6-8-10)13(17)20-2/h5-8,11,14H,3-4H2,1-2H3,(H,15,16)/t11-/m1/s1. The molecule has 0 radical (unpaired) electrons. The molecular weight excluding hydrogens is 298 g/mol. The Balaban J connectivity index is 2.97. The Kier molecular flexibility index (Phi) is 5.86. The minimum atomic E-state index is -3.96. The van der Waals surface area contributed by atoms with E-state index >= 15 is 0 Å². The lowest BCUT2D eigenvalue weighted by atomic mass is 10.2. The Hall–Kier alpha value is -1.93. The predicted molar refractivity (Wildman–Crippen MR) is 74.4 cm³/mol. The molecule has 1 rings (SSSR count). The molecule has 0 aliphatic rings. The number of carbonyl (C=O) groups excluding carboxylic acids is 1. The Morgan fingerprint density at radius 2 is 1.86 bits per heavy atom. The second-order valence-corrected chi connectivity index (χ2v) is 6.03. The fourth-order valence-corrected chi connectivity index (χ4v) is 2.89. The van der Waals surface area contributed by atoms with Gasteiger partial charge in [0, 0.05) is 0 Å². The monoisotopic (exact) mass is 315 g/mol. The van der Waals surface area contributed by atoms with Crippen LogP contribution in [0.2, 0.25) is 0 Å². The Morgan fingerprint density at radius 3 is 2.29 bits per heavy atom. The van der Waals surface area contributed by atoms with Crippen molar-refractivity contribution in [2.75, 3.05) is 7.11 Å². The number of carbonyl (C=O) groups is 2. The van der Waals surface area contributed by atoms with E-state index in [9.17, 15) is 18.0 Å². The van der Waals surface area contributed by atoms with E-state index in [0.717, 1.165) is 0 Å². The largest absolute Gasteiger partial charge is 0.480 e. The Labute approximate surface area is 123 Å². The summed E-state index contributed by atoms with van der Waals surface area (Å²) in [5.41, 5.74) is 0.208. The number of hydrogen-bond donors (Lipinski definition) is 2. The minimum Gasteiger partial charge on any atom is -0.480 e. The maximum atomic E-state index is 12.1. The second-order valence-electron chi connectivity index (χ2n) is 4.32. The first kappa shape index (κ1) is 17.1. The third kappa shape index (κ3) is 4.54. The molecule has 1 aromatic carbocycles. The first-order valence-corrected chi connectivity index (χ1v) is 7.73. The molecule has 0 saturated carbocycles. The number of hydrogen-bond acceptors (Lipinski definition) is 5. The van der Waals surface area contributed by atoms with E-state index in [4.69, 9.17) is 5.11 Å². The van der Waals surface area contributed by atoms with E-state index in [2.05, 4.69) is 9.46 Å². The Bertz CT molecular complexity index is 608. The van der Waals surface area contributed by atoms with Crippen LogP contribution in [0.4, 0.5) is 0 Å². The summed E-state index contributed by atoms with van der Waals surface area (Å²) in [6.07, 6.45) is 0.718. The highest BCUT2D eigenvalue weighted by Crippen LogP contribution is 2.13. The predicted octanol–water partition coefficient (Wildman–Crippen LogP) is 1.00. The fourth-order valence-electron chi connectivity index (χ4n) is 1.66. The van der Waals surface area contributed by atoms with Crippen molar-refractivity contribution in [2.24, 2.45) is 0 Å². The summed E-state index contributed by atoms with van der Waals surface area (Å²) in [4.78, 5) is 22.1. The molecule has 0 aromatic heterocycles. The number of rotatable bonds is 7. The van der Waals surface area contributed by atoms with Crippen LogP contribution in [0.15, 0.2) is 29.2 Å². The van der Waals surface area contributed by atoms with Gasteiger partial charge >= 0.3 is 11.9 Å². The normalized spacial score (nSPS) is 12.7. The zero-order valence-electron chi connectivity index (χ0n) is 11.7. The van der Waals surface area contributed by atoms with Crippen LogP contribution in [0.1, 0.15) is 30.1 Å². The molecule has 116 valence electrons. The van der Waals surface area contributed by atoms with Gasteiger partial charge in [0.25, 0.3) is 0 Å². The Morgan fingerprint density at radius 1 is 1.29 bits per heavy atom. The van der Waals surface area contributed by atoms with Gasteiger partial charge in [-0.1, -0.05) is 13.3 Å². The quantitative estimate of drug-likeness (QED) is 0.727. The molecule has 7 nitrogen and oxygen atoms in total. The van der Waals surface area contributed by atoms with Crippen molar-refractivity contribution in [1.29, 1.82) is 0 Å². The lowest BCUT2D eigenvalue weighted by Gasteiger charge is -2.14. The number of carboxylic acids is 1. The van der Waals surface area contributed by atoms with Crippen LogP contribution in [0.25, 0.3) is 0 Å². The summed E-state index contributed by atoms with van der Waals surface area (Å²) < 4.78 is 30.8. The van der Waals surface area contributed by atoms with Crippen LogP contribution in [-0.4, -0.2) is 38.6 Å². The highest BCUT2D eigenvalue weighted by atomic mass is 32.2. The molecule has 0 fully saturated rings. The van der Waals surface area contributed by atoms with Crippen molar-refractivity contribution in [3.05, 3.63) is 29.8 Å². The van der Waals surface area contributed by atoms with E-state index < -0.39 is 28.0 Å². The molecule has 0 spiro atoms. The van der Waals surface area contributed by atoms with Crippen molar-refractivity contribution in [1.82, 2.24) is 4.72 Å². The summed E-state index contributed by atoms with van der Waals surface area (Å²) in [5, 5.41) is 8.98. The molecule has 21 heavy (non-hydrogen) atoms. The summed E-state index contributed by atoms with van der Waals surface area (Å²) in [6, 6.07) is 3.87. The number of nitrogens with one attached hydrogen (secondary N) is 1. The number of sulfonamides is 1. The number of aliphatic carboxylic acids is 1. The SMILES string of the molecule is CCC[C@@H](NS(=O)(=O)c1ccc(C(=O)OC)cc1)C(=O)O. The molecule has 8 heteroatoms. The highest BCUT2D eigenvalue weighted by Gasteiger charge is 2.24. The van der Waals surface area contributed by atoms with Gasteiger partial charge in [0.05, 0.1) is 17.6 Å². The van der Waals surface area contributed by atoms with Gasteiger partial charge in [-0.25, -0.2) is 13.2 Å². The van der Waals surface area contributed by atoms with Crippen LogP contribution in [0.5, 0.6) is 0 Å². The lowest BCUT2D eigenvalue weighted by Crippen LogP contribution is -2.40. The fraction of sp³-hybridized carbons (Fsp3) is 0.385. The maximum absolute atomic E-state index is 12.1. The molecule has 0 unspecified atom stereocenters. The number of ether oxygens (including phenoxy) is 1. The van der Waals surface area contributed by atoms with Gasteiger partial charge < -0.3 is 9.84 Å². The van der Waals surface area contributed by atoms with E-state index in [1.54, 1.807) is 6.92 Å². The summed E-state index contributed by atoms with van der Waals surface area (Å²) >= 11 is 0. The molecule has 1 aromatic rings. The maximum Gasteiger partial charge on any atom is 0.337 e. The van der Waals surface area contributed by atoms with Crippen molar-refractivity contribution >= 4 is 22.0 Å². The van der Waals surface area contributed by atoms with Gasteiger partial charge in [0.1, 0.15) is 6.04 Å². The lowest BCUT2D eigenvalue weighted by molar-refractivity contribution is -0.139. The van der Waals surface area contributed by atoms with Crippen molar-refractivity contribution in [2.45, 2.75) is 30.7 Å². The molecule has 1 atom stereocenters. The van der Waals surface area contributed by atoms with Crippen molar-refractivity contribution in [3.63, 3.8) is 0 Å². The van der Waals surface area contributed by atoms with Gasteiger partial charge in [-0.05, 0) is 30.7 Å². The molecule has 0 bridgehead atoms. The molecule has 0 amide bonds. The second kappa shape index (κ2) is 7.19. The first-order chi connectivity index (χ1) is 9.81. The summed E-state index contributed by atoms with van der Waals surface area (Å²) in [7, 11) is -2.74. The van der Waals surface area contributed by atoms with Gasteiger partial charge in [-0.3, -0.25) is 4.79 Å². The van der Waals surface area contributed by atoms with Crippen LogP contribution < -0.4 is 4.72 Å². The van der Waals surface area contributed by atoms with Gasteiger partial charge in [0.2, 0.25) is 10.0 Å². The van der Waals surface area contributed by atoms with Crippen LogP contribution in [0, 0.1) is 0 Å². The summed E-state index contributed by atoms with van der Waals surface area (Å²) in [6.45, 7) is 1.76. The van der Waals surface area contributed by atoms with Gasteiger partial charge in [-0.15, -0.1) is 0 Å². The molecule has 0 heterocycles. The highest BCUT2D eigenvalue weighted by molar-refractivity contribution is 7.89. The zero-order valence-corrected chi connectivity index (χ0v) is 12.5. The first-order valence-electron chi connectivity index (χ1n) is 6.25. The minimum absolute atomic E-state index is 0.113. The van der Waals surface area contributed by atoms with Crippen LogP contribution in [-0.2, 0) is 19.6 Å². The molecule has 0 aliphatic carbocycles. The molecular formula is C13H17NO6S. The van der Waals surface area contributed by atoms with Crippen molar-refractivity contribution in [3.8, 4) is 0 Å². The molecule has 0 aliphatic heterocycles.